The standard InChI is InChI=1S/C7H3Br2IN2OS/c8-3-1-2(6(9)14-3)5-4(10)7(11)12-13-5/h1H,(H2,11,12). The molecule has 2 aromatic heterocycles. The van der Waals surface area contributed by atoms with E-state index in [1.54, 1.807) is 11.3 Å². The van der Waals surface area contributed by atoms with Crippen molar-refractivity contribution in [2.24, 2.45) is 0 Å². The van der Waals surface area contributed by atoms with Gasteiger partial charge in [-0.1, -0.05) is 5.16 Å². The van der Waals surface area contributed by atoms with Crippen LogP contribution < -0.4 is 5.73 Å². The largest absolute Gasteiger partial charge is 0.380 e. The SMILES string of the molecule is Nc1noc(-c2cc(Br)sc2Br)c1I. The number of nitrogen functional groups attached to an aromatic ring is 1. The Morgan fingerprint density at radius 3 is 2.64 bits per heavy atom. The van der Waals surface area contributed by atoms with Crippen molar-refractivity contribution in [1.29, 1.82) is 0 Å². The van der Waals surface area contributed by atoms with Crippen LogP contribution in [0.1, 0.15) is 0 Å². The van der Waals surface area contributed by atoms with E-state index >= 15 is 0 Å². The lowest BCUT2D eigenvalue weighted by atomic mass is 10.3. The molecule has 0 unspecified atom stereocenters. The number of rotatable bonds is 1. The summed E-state index contributed by atoms with van der Waals surface area (Å²) in [6.45, 7) is 0. The third-order valence-electron chi connectivity index (χ3n) is 1.56. The second kappa shape index (κ2) is 4.11. The monoisotopic (exact) mass is 448 g/mol. The fourth-order valence-corrected chi connectivity index (χ4v) is 4.23. The number of nitrogens with zero attached hydrogens (tertiary/aromatic N) is 1. The number of nitrogens with two attached hydrogens (primary N) is 1. The number of thiophene rings is 1. The number of hydrogen-bond donors (Lipinski definition) is 1. The van der Waals surface area contributed by atoms with Crippen molar-refractivity contribution in [3.63, 3.8) is 0 Å². The first-order valence-corrected chi connectivity index (χ1v) is 6.93. The van der Waals surface area contributed by atoms with Gasteiger partial charge in [0.2, 0.25) is 0 Å². The molecule has 2 aromatic rings. The number of hydrogen-bond acceptors (Lipinski definition) is 4. The Morgan fingerprint density at radius 1 is 1.50 bits per heavy atom. The molecule has 0 spiro atoms. The van der Waals surface area contributed by atoms with E-state index in [-0.39, 0.29) is 0 Å². The van der Waals surface area contributed by atoms with Gasteiger partial charge in [0, 0.05) is 5.56 Å². The number of aromatic nitrogens is 1. The molecule has 14 heavy (non-hydrogen) atoms. The maximum absolute atomic E-state index is 5.60. The van der Waals surface area contributed by atoms with E-state index in [9.17, 15) is 0 Å². The van der Waals surface area contributed by atoms with Crippen molar-refractivity contribution < 1.29 is 4.52 Å². The van der Waals surface area contributed by atoms with Crippen molar-refractivity contribution >= 4 is 71.6 Å². The summed E-state index contributed by atoms with van der Waals surface area (Å²) in [7, 11) is 0. The van der Waals surface area contributed by atoms with E-state index in [2.05, 4.69) is 59.6 Å². The zero-order valence-corrected chi connectivity index (χ0v) is 12.7. The first-order chi connectivity index (χ1) is 6.59. The van der Waals surface area contributed by atoms with Crippen LogP contribution in [0.5, 0.6) is 0 Å². The normalized spacial score (nSPS) is 10.8. The quantitative estimate of drug-likeness (QED) is 0.666. The second-order valence-corrected chi connectivity index (χ2v) is 7.28. The lowest BCUT2D eigenvalue weighted by Crippen LogP contribution is -1.85. The van der Waals surface area contributed by atoms with E-state index in [0.29, 0.717) is 11.6 Å². The van der Waals surface area contributed by atoms with Crippen molar-refractivity contribution in [2.75, 3.05) is 5.73 Å². The van der Waals surface area contributed by atoms with Gasteiger partial charge in [0.15, 0.2) is 11.6 Å². The van der Waals surface area contributed by atoms with Crippen LogP contribution >= 0.6 is 65.8 Å². The van der Waals surface area contributed by atoms with Gasteiger partial charge in [0.1, 0.15) is 3.57 Å². The Kier molecular flexibility index (Phi) is 3.20. The lowest BCUT2D eigenvalue weighted by Gasteiger charge is -1.91. The number of halogens is 3. The zero-order chi connectivity index (χ0) is 10.3. The topological polar surface area (TPSA) is 52.0 Å². The van der Waals surface area contributed by atoms with Gasteiger partial charge in [-0.3, -0.25) is 0 Å². The van der Waals surface area contributed by atoms with Crippen LogP contribution in [0.15, 0.2) is 18.2 Å². The molecule has 0 saturated heterocycles. The Morgan fingerprint density at radius 2 is 2.21 bits per heavy atom. The molecule has 0 aromatic carbocycles. The highest BCUT2D eigenvalue weighted by Crippen LogP contribution is 2.41. The van der Waals surface area contributed by atoms with Crippen LogP contribution in [0.25, 0.3) is 11.3 Å². The first kappa shape index (κ1) is 10.9. The van der Waals surface area contributed by atoms with Gasteiger partial charge in [-0.05, 0) is 60.5 Å². The van der Waals surface area contributed by atoms with Crippen molar-refractivity contribution in [2.45, 2.75) is 0 Å². The van der Waals surface area contributed by atoms with Crippen LogP contribution in [0, 0.1) is 3.57 Å². The Hall–Kier alpha value is 0.400. The average molecular weight is 450 g/mol. The summed E-state index contributed by atoms with van der Waals surface area (Å²) in [5, 5.41) is 3.71. The predicted octanol–water partition coefficient (Wildman–Crippen LogP) is 4.11. The molecule has 3 nitrogen and oxygen atoms in total. The van der Waals surface area contributed by atoms with E-state index in [0.717, 1.165) is 16.7 Å². The summed E-state index contributed by atoms with van der Waals surface area (Å²) in [6, 6.07) is 1.97. The smallest absolute Gasteiger partial charge is 0.184 e. The Labute approximate surface area is 114 Å². The summed E-state index contributed by atoms with van der Waals surface area (Å²) >= 11 is 10.6. The van der Waals surface area contributed by atoms with Crippen molar-refractivity contribution in [1.82, 2.24) is 5.16 Å². The molecule has 0 amide bonds. The summed E-state index contributed by atoms with van der Waals surface area (Å²) in [5.41, 5.74) is 6.57. The fraction of sp³-hybridized carbons (Fsp3) is 0. The van der Waals surface area contributed by atoms with Crippen molar-refractivity contribution in [3.05, 3.63) is 17.2 Å². The average Bonchev–Trinajstić information content (AvgIpc) is 2.59. The maximum atomic E-state index is 5.60. The van der Waals surface area contributed by atoms with E-state index in [4.69, 9.17) is 10.3 Å². The van der Waals surface area contributed by atoms with E-state index in [1.165, 1.54) is 0 Å². The molecular formula is C7H3Br2IN2OS. The van der Waals surface area contributed by atoms with Crippen molar-refractivity contribution in [3.8, 4) is 11.3 Å². The summed E-state index contributed by atoms with van der Waals surface area (Å²) in [4.78, 5) is 0. The van der Waals surface area contributed by atoms with Crippen LogP contribution in [0.4, 0.5) is 5.82 Å². The molecule has 7 heteroatoms. The molecule has 0 aliphatic heterocycles. The molecule has 2 N–H and O–H groups in total. The van der Waals surface area contributed by atoms with Gasteiger partial charge in [-0.25, -0.2) is 0 Å². The highest BCUT2D eigenvalue weighted by molar-refractivity contribution is 14.1. The fourth-order valence-electron chi connectivity index (χ4n) is 0.954. The first-order valence-electron chi connectivity index (χ1n) is 3.45. The van der Waals surface area contributed by atoms with Gasteiger partial charge in [-0.2, -0.15) is 0 Å². The molecule has 0 fully saturated rings. The zero-order valence-electron chi connectivity index (χ0n) is 6.55. The maximum Gasteiger partial charge on any atom is 0.184 e. The molecule has 0 aliphatic rings. The minimum absolute atomic E-state index is 0.426. The highest BCUT2D eigenvalue weighted by Gasteiger charge is 2.17. The van der Waals surface area contributed by atoms with Crippen LogP contribution in [-0.4, -0.2) is 5.16 Å². The van der Waals surface area contributed by atoms with Crippen LogP contribution in [0.3, 0.4) is 0 Å². The van der Waals surface area contributed by atoms with Crippen LogP contribution in [-0.2, 0) is 0 Å². The molecule has 0 aliphatic carbocycles. The molecule has 0 atom stereocenters. The summed E-state index contributed by atoms with van der Waals surface area (Å²) in [5.74, 6) is 1.13. The molecule has 0 radical (unpaired) electrons. The lowest BCUT2D eigenvalue weighted by molar-refractivity contribution is 0.435. The van der Waals surface area contributed by atoms with E-state index in [1.807, 2.05) is 6.07 Å². The minimum atomic E-state index is 0.426. The molecule has 2 rings (SSSR count). The molecule has 2 heterocycles. The predicted molar refractivity (Wildman–Crippen MR) is 72.3 cm³/mol. The van der Waals surface area contributed by atoms with Gasteiger partial charge in [0.05, 0.1) is 7.57 Å². The van der Waals surface area contributed by atoms with E-state index < -0.39 is 0 Å². The summed E-state index contributed by atoms with van der Waals surface area (Å²) in [6.07, 6.45) is 0. The Bertz CT molecular complexity index is 482. The third-order valence-corrected chi connectivity index (χ3v) is 4.94. The highest BCUT2D eigenvalue weighted by atomic mass is 127. The number of anilines is 1. The van der Waals surface area contributed by atoms with Gasteiger partial charge < -0.3 is 10.3 Å². The van der Waals surface area contributed by atoms with Crippen LogP contribution in [0.2, 0.25) is 0 Å². The molecular weight excluding hydrogens is 447 g/mol. The third kappa shape index (κ3) is 1.86. The molecule has 0 bridgehead atoms. The van der Waals surface area contributed by atoms with Gasteiger partial charge in [0.25, 0.3) is 0 Å². The minimum Gasteiger partial charge on any atom is -0.380 e. The molecule has 74 valence electrons. The Balaban J connectivity index is 2.59. The molecule has 0 saturated carbocycles. The summed E-state index contributed by atoms with van der Waals surface area (Å²) < 4.78 is 8.02. The second-order valence-electron chi connectivity index (χ2n) is 2.45. The van der Waals surface area contributed by atoms with Gasteiger partial charge in [-0.15, -0.1) is 11.3 Å². The van der Waals surface area contributed by atoms with Gasteiger partial charge >= 0.3 is 0 Å².